The Kier molecular flexibility index (Phi) is 3.36. The van der Waals surface area contributed by atoms with Crippen molar-refractivity contribution in [3.8, 4) is 0 Å². The van der Waals surface area contributed by atoms with Gasteiger partial charge in [0.15, 0.2) is 0 Å². The monoisotopic (exact) mass is 210 g/mol. The third kappa shape index (κ3) is 2.54. The zero-order valence-electron chi connectivity index (χ0n) is 10.7. The van der Waals surface area contributed by atoms with Crippen LogP contribution < -0.4 is 0 Å². The minimum absolute atomic E-state index is 0.864. The SMILES string of the molecule is CC(C)CCCN(C)C1C2CN(C)CC21. The van der Waals surface area contributed by atoms with Crippen molar-refractivity contribution in [2.24, 2.45) is 17.8 Å². The molecule has 1 aliphatic heterocycles. The third-order valence-corrected chi connectivity index (χ3v) is 4.13. The van der Waals surface area contributed by atoms with Gasteiger partial charge in [-0.05, 0) is 51.2 Å². The summed E-state index contributed by atoms with van der Waals surface area (Å²) in [7, 11) is 4.57. The predicted octanol–water partition coefficient (Wildman–Crippen LogP) is 1.91. The Bertz CT molecular complexity index is 203. The molecule has 0 radical (unpaired) electrons. The molecule has 2 nitrogen and oxygen atoms in total. The van der Waals surface area contributed by atoms with E-state index in [0.717, 1.165) is 23.8 Å². The Hall–Kier alpha value is -0.0800. The van der Waals surface area contributed by atoms with Gasteiger partial charge in [0.2, 0.25) is 0 Å². The molecular formula is C13H26N2. The molecule has 0 spiro atoms. The lowest BCUT2D eigenvalue weighted by atomic mass is 10.1. The molecule has 2 heteroatoms. The van der Waals surface area contributed by atoms with E-state index < -0.39 is 0 Å². The van der Waals surface area contributed by atoms with E-state index in [2.05, 4.69) is 37.7 Å². The summed E-state index contributed by atoms with van der Waals surface area (Å²) in [5.41, 5.74) is 0. The first-order valence-electron chi connectivity index (χ1n) is 6.48. The van der Waals surface area contributed by atoms with E-state index in [4.69, 9.17) is 0 Å². The van der Waals surface area contributed by atoms with Crippen molar-refractivity contribution in [2.75, 3.05) is 33.7 Å². The molecule has 88 valence electrons. The zero-order valence-corrected chi connectivity index (χ0v) is 10.7. The molecule has 0 N–H and O–H groups in total. The first-order valence-corrected chi connectivity index (χ1v) is 6.48. The Morgan fingerprint density at radius 2 is 1.87 bits per heavy atom. The molecule has 1 saturated heterocycles. The molecule has 1 heterocycles. The second kappa shape index (κ2) is 4.42. The second-order valence-electron chi connectivity index (χ2n) is 6.06. The van der Waals surface area contributed by atoms with E-state index in [0.29, 0.717) is 0 Å². The summed E-state index contributed by atoms with van der Waals surface area (Å²) < 4.78 is 0. The Balaban J connectivity index is 1.64. The lowest BCUT2D eigenvalue weighted by Gasteiger charge is -2.21. The molecule has 0 aromatic carbocycles. The number of hydrogen-bond donors (Lipinski definition) is 0. The van der Waals surface area contributed by atoms with E-state index >= 15 is 0 Å². The van der Waals surface area contributed by atoms with Gasteiger partial charge < -0.3 is 9.80 Å². The fourth-order valence-electron chi connectivity index (χ4n) is 3.26. The number of rotatable bonds is 5. The van der Waals surface area contributed by atoms with Crippen molar-refractivity contribution in [3.63, 3.8) is 0 Å². The minimum Gasteiger partial charge on any atom is -0.306 e. The van der Waals surface area contributed by atoms with Gasteiger partial charge in [0.1, 0.15) is 0 Å². The number of hydrogen-bond acceptors (Lipinski definition) is 2. The lowest BCUT2D eigenvalue weighted by Crippen LogP contribution is -2.31. The Morgan fingerprint density at radius 3 is 2.40 bits per heavy atom. The number of nitrogens with zero attached hydrogens (tertiary/aromatic N) is 2. The summed E-state index contributed by atoms with van der Waals surface area (Å²) in [5, 5.41) is 0. The van der Waals surface area contributed by atoms with Gasteiger partial charge in [0.05, 0.1) is 0 Å². The third-order valence-electron chi connectivity index (χ3n) is 4.13. The quantitative estimate of drug-likeness (QED) is 0.684. The lowest BCUT2D eigenvalue weighted by molar-refractivity contribution is 0.242. The Morgan fingerprint density at radius 1 is 1.27 bits per heavy atom. The van der Waals surface area contributed by atoms with Gasteiger partial charge in [-0.3, -0.25) is 0 Å². The first kappa shape index (κ1) is 11.4. The minimum atomic E-state index is 0.864. The predicted molar refractivity (Wildman–Crippen MR) is 65.0 cm³/mol. The van der Waals surface area contributed by atoms with Gasteiger partial charge in [-0.25, -0.2) is 0 Å². The maximum atomic E-state index is 2.62. The largest absolute Gasteiger partial charge is 0.306 e. The standard InChI is InChI=1S/C13H26N2/c1-10(2)6-5-7-15(4)13-11-8-14(3)9-12(11)13/h10-13H,5-9H2,1-4H3. The fraction of sp³-hybridized carbons (Fsp3) is 1.00. The molecule has 2 atom stereocenters. The van der Waals surface area contributed by atoms with Crippen molar-refractivity contribution in [1.82, 2.24) is 9.80 Å². The van der Waals surface area contributed by atoms with Gasteiger partial charge in [-0.15, -0.1) is 0 Å². The van der Waals surface area contributed by atoms with Gasteiger partial charge in [0.25, 0.3) is 0 Å². The maximum Gasteiger partial charge on any atom is 0.0181 e. The van der Waals surface area contributed by atoms with Crippen LogP contribution in [-0.2, 0) is 0 Å². The summed E-state index contributed by atoms with van der Waals surface area (Å²) in [4.78, 5) is 5.10. The number of piperidine rings is 1. The summed E-state index contributed by atoms with van der Waals surface area (Å²) in [6, 6.07) is 0.924. The molecule has 0 bridgehead atoms. The molecule has 0 amide bonds. The molecule has 2 fully saturated rings. The highest BCUT2D eigenvalue weighted by Crippen LogP contribution is 2.47. The van der Waals surface area contributed by atoms with E-state index in [-0.39, 0.29) is 0 Å². The molecule has 2 aliphatic rings. The summed E-state index contributed by atoms with van der Waals surface area (Å²) >= 11 is 0. The molecule has 2 rings (SSSR count). The average Bonchev–Trinajstić information content (AvgIpc) is 2.64. The van der Waals surface area contributed by atoms with Crippen LogP contribution in [0, 0.1) is 17.8 Å². The van der Waals surface area contributed by atoms with Crippen LogP contribution in [0.4, 0.5) is 0 Å². The van der Waals surface area contributed by atoms with Crippen molar-refractivity contribution < 1.29 is 0 Å². The summed E-state index contributed by atoms with van der Waals surface area (Å²) in [6.45, 7) is 8.62. The summed E-state index contributed by atoms with van der Waals surface area (Å²) in [5.74, 6) is 2.86. The van der Waals surface area contributed by atoms with Crippen LogP contribution >= 0.6 is 0 Å². The van der Waals surface area contributed by atoms with E-state index in [9.17, 15) is 0 Å². The first-order chi connectivity index (χ1) is 7.09. The van der Waals surface area contributed by atoms with Crippen LogP contribution in [0.2, 0.25) is 0 Å². The van der Waals surface area contributed by atoms with Crippen LogP contribution in [0.1, 0.15) is 26.7 Å². The highest BCUT2D eigenvalue weighted by molar-refractivity contribution is 5.09. The van der Waals surface area contributed by atoms with Crippen molar-refractivity contribution >= 4 is 0 Å². The highest BCUT2D eigenvalue weighted by Gasteiger charge is 2.56. The van der Waals surface area contributed by atoms with Crippen molar-refractivity contribution in [2.45, 2.75) is 32.7 Å². The van der Waals surface area contributed by atoms with Crippen LogP contribution in [-0.4, -0.2) is 49.6 Å². The molecule has 1 saturated carbocycles. The van der Waals surface area contributed by atoms with E-state index in [1.807, 2.05) is 0 Å². The van der Waals surface area contributed by atoms with Crippen LogP contribution in [0.25, 0.3) is 0 Å². The topological polar surface area (TPSA) is 6.48 Å². The van der Waals surface area contributed by atoms with Crippen LogP contribution in [0.3, 0.4) is 0 Å². The second-order valence-corrected chi connectivity index (χ2v) is 6.06. The summed E-state index contributed by atoms with van der Waals surface area (Å²) in [6.07, 6.45) is 2.76. The Labute approximate surface area is 94.6 Å². The smallest absolute Gasteiger partial charge is 0.0181 e. The van der Waals surface area contributed by atoms with Crippen molar-refractivity contribution in [3.05, 3.63) is 0 Å². The molecule has 0 aromatic rings. The van der Waals surface area contributed by atoms with Gasteiger partial charge in [-0.2, -0.15) is 0 Å². The van der Waals surface area contributed by atoms with E-state index in [1.54, 1.807) is 0 Å². The number of likely N-dealkylation sites (tertiary alicyclic amines) is 1. The fourth-order valence-corrected chi connectivity index (χ4v) is 3.26. The van der Waals surface area contributed by atoms with Gasteiger partial charge in [0, 0.05) is 19.1 Å². The van der Waals surface area contributed by atoms with Crippen LogP contribution in [0.15, 0.2) is 0 Å². The highest BCUT2D eigenvalue weighted by atomic mass is 15.3. The van der Waals surface area contributed by atoms with Crippen molar-refractivity contribution in [1.29, 1.82) is 0 Å². The van der Waals surface area contributed by atoms with E-state index in [1.165, 1.54) is 32.5 Å². The average molecular weight is 210 g/mol. The van der Waals surface area contributed by atoms with Gasteiger partial charge >= 0.3 is 0 Å². The molecular weight excluding hydrogens is 184 g/mol. The molecule has 2 unspecified atom stereocenters. The molecule has 15 heavy (non-hydrogen) atoms. The normalized spacial score (nSPS) is 35.2. The zero-order chi connectivity index (χ0) is 11.0. The van der Waals surface area contributed by atoms with Crippen LogP contribution in [0.5, 0.6) is 0 Å². The molecule has 0 aromatic heterocycles. The molecule has 1 aliphatic carbocycles. The number of fused-ring (bicyclic) bond motifs is 1. The van der Waals surface area contributed by atoms with Gasteiger partial charge in [-0.1, -0.05) is 13.8 Å². The maximum absolute atomic E-state index is 2.62.